The standard InChI is InChI=1S/C12H17N3O/c1-8-6-9(2)14-12(13-8)15-5-4-11(7-15)10(3)16/h6,11H,4-5,7H2,1-3H3. The van der Waals surface area contributed by atoms with Gasteiger partial charge >= 0.3 is 0 Å². The van der Waals surface area contributed by atoms with Crippen molar-refractivity contribution in [3.05, 3.63) is 17.5 Å². The second-order valence-corrected chi connectivity index (χ2v) is 4.49. The molecule has 0 radical (unpaired) electrons. The highest BCUT2D eigenvalue weighted by Crippen LogP contribution is 2.21. The third-order valence-corrected chi connectivity index (χ3v) is 3.02. The van der Waals surface area contributed by atoms with E-state index in [0.717, 1.165) is 36.8 Å². The SMILES string of the molecule is CC(=O)C1CCN(c2nc(C)cc(C)n2)C1. The highest BCUT2D eigenvalue weighted by Gasteiger charge is 2.27. The van der Waals surface area contributed by atoms with Gasteiger partial charge in [-0.3, -0.25) is 4.79 Å². The topological polar surface area (TPSA) is 46.1 Å². The van der Waals surface area contributed by atoms with Crippen LogP contribution in [0.2, 0.25) is 0 Å². The lowest BCUT2D eigenvalue weighted by molar-refractivity contribution is -0.120. The first-order valence-corrected chi connectivity index (χ1v) is 5.64. The van der Waals surface area contributed by atoms with Gasteiger partial charge in [0, 0.05) is 30.4 Å². The number of Topliss-reactive ketones (excluding diaryl/α,β-unsaturated/α-hetero) is 1. The van der Waals surface area contributed by atoms with E-state index >= 15 is 0 Å². The molecule has 1 unspecified atom stereocenters. The van der Waals surface area contributed by atoms with Crippen LogP contribution in [0.4, 0.5) is 5.95 Å². The van der Waals surface area contributed by atoms with Crippen LogP contribution in [0.25, 0.3) is 0 Å². The van der Waals surface area contributed by atoms with Crippen molar-refractivity contribution in [3.8, 4) is 0 Å². The average Bonchev–Trinajstić information content (AvgIpc) is 2.64. The molecule has 1 aromatic heterocycles. The maximum atomic E-state index is 11.3. The van der Waals surface area contributed by atoms with Crippen molar-refractivity contribution >= 4 is 11.7 Å². The first-order valence-electron chi connectivity index (χ1n) is 5.64. The summed E-state index contributed by atoms with van der Waals surface area (Å²) in [6, 6.07) is 1.96. The summed E-state index contributed by atoms with van der Waals surface area (Å²) in [7, 11) is 0. The quantitative estimate of drug-likeness (QED) is 0.756. The second kappa shape index (κ2) is 4.20. The molecule has 4 nitrogen and oxygen atoms in total. The zero-order valence-electron chi connectivity index (χ0n) is 10.0. The number of anilines is 1. The third kappa shape index (κ3) is 2.21. The van der Waals surface area contributed by atoms with Crippen molar-refractivity contribution in [2.75, 3.05) is 18.0 Å². The molecule has 1 fully saturated rings. The molecule has 0 aromatic carbocycles. The Kier molecular flexibility index (Phi) is 2.90. The highest BCUT2D eigenvalue weighted by atomic mass is 16.1. The number of rotatable bonds is 2. The fraction of sp³-hybridized carbons (Fsp3) is 0.583. The van der Waals surface area contributed by atoms with Crippen molar-refractivity contribution < 1.29 is 4.79 Å². The molecule has 0 aliphatic carbocycles. The number of carbonyl (C=O) groups excluding carboxylic acids is 1. The van der Waals surface area contributed by atoms with Gasteiger partial charge in [0.25, 0.3) is 0 Å². The van der Waals surface area contributed by atoms with Gasteiger partial charge in [-0.2, -0.15) is 0 Å². The highest BCUT2D eigenvalue weighted by molar-refractivity contribution is 5.79. The van der Waals surface area contributed by atoms with Crippen LogP contribution >= 0.6 is 0 Å². The maximum Gasteiger partial charge on any atom is 0.225 e. The van der Waals surface area contributed by atoms with Crippen LogP contribution in [-0.2, 0) is 4.79 Å². The number of aromatic nitrogens is 2. The Labute approximate surface area is 95.7 Å². The van der Waals surface area contributed by atoms with E-state index in [1.807, 2.05) is 19.9 Å². The van der Waals surface area contributed by atoms with Crippen molar-refractivity contribution in [2.24, 2.45) is 5.92 Å². The summed E-state index contributed by atoms with van der Waals surface area (Å²) < 4.78 is 0. The van der Waals surface area contributed by atoms with Crippen LogP contribution in [0.1, 0.15) is 24.7 Å². The molecular formula is C12H17N3O. The molecular weight excluding hydrogens is 202 g/mol. The smallest absolute Gasteiger partial charge is 0.225 e. The Morgan fingerprint density at radius 3 is 2.50 bits per heavy atom. The molecule has 2 heterocycles. The lowest BCUT2D eigenvalue weighted by Crippen LogP contribution is -2.24. The summed E-state index contributed by atoms with van der Waals surface area (Å²) in [6.45, 7) is 7.25. The van der Waals surface area contributed by atoms with Gasteiger partial charge in [0.2, 0.25) is 5.95 Å². The molecule has 1 aliphatic rings. The van der Waals surface area contributed by atoms with Gasteiger partial charge in [0.05, 0.1) is 0 Å². The monoisotopic (exact) mass is 219 g/mol. The number of hydrogen-bond donors (Lipinski definition) is 0. The summed E-state index contributed by atoms with van der Waals surface area (Å²) in [4.78, 5) is 22.2. The van der Waals surface area contributed by atoms with E-state index in [1.165, 1.54) is 0 Å². The Hall–Kier alpha value is -1.45. The van der Waals surface area contributed by atoms with Gasteiger partial charge in [-0.25, -0.2) is 9.97 Å². The fourth-order valence-electron chi connectivity index (χ4n) is 2.12. The van der Waals surface area contributed by atoms with E-state index in [4.69, 9.17) is 0 Å². The Morgan fingerprint density at radius 1 is 1.38 bits per heavy atom. The van der Waals surface area contributed by atoms with Gasteiger partial charge in [0.15, 0.2) is 0 Å². The van der Waals surface area contributed by atoms with E-state index in [0.29, 0.717) is 0 Å². The minimum absolute atomic E-state index is 0.157. The molecule has 86 valence electrons. The van der Waals surface area contributed by atoms with Gasteiger partial charge in [-0.1, -0.05) is 0 Å². The predicted molar refractivity (Wildman–Crippen MR) is 62.5 cm³/mol. The van der Waals surface area contributed by atoms with Crippen molar-refractivity contribution in [1.82, 2.24) is 9.97 Å². The van der Waals surface area contributed by atoms with E-state index in [2.05, 4.69) is 14.9 Å². The molecule has 0 amide bonds. The fourth-order valence-corrected chi connectivity index (χ4v) is 2.12. The number of ketones is 1. The van der Waals surface area contributed by atoms with E-state index in [9.17, 15) is 4.79 Å². The maximum absolute atomic E-state index is 11.3. The summed E-state index contributed by atoms with van der Waals surface area (Å²) in [5, 5.41) is 0. The average molecular weight is 219 g/mol. The minimum Gasteiger partial charge on any atom is -0.340 e. The molecule has 0 saturated carbocycles. The van der Waals surface area contributed by atoms with Crippen molar-refractivity contribution in [2.45, 2.75) is 27.2 Å². The lowest BCUT2D eigenvalue weighted by atomic mass is 10.1. The minimum atomic E-state index is 0.157. The summed E-state index contributed by atoms with van der Waals surface area (Å²) in [5.74, 6) is 1.19. The molecule has 16 heavy (non-hydrogen) atoms. The molecule has 2 rings (SSSR count). The van der Waals surface area contributed by atoms with Crippen LogP contribution in [-0.4, -0.2) is 28.8 Å². The third-order valence-electron chi connectivity index (χ3n) is 3.02. The number of nitrogens with zero attached hydrogens (tertiary/aromatic N) is 3. The van der Waals surface area contributed by atoms with Crippen LogP contribution < -0.4 is 4.90 Å². The first kappa shape index (κ1) is 11.0. The predicted octanol–water partition coefficient (Wildman–Crippen LogP) is 1.51. The molecule has 1 saturated heterocycles. The number of carbonyl (C=O) groups is 1. The molecule has 0 spiro atoms. The summed E-state index contributed by atoms with van der Waals surface area (Å²) in [6.07, 6.45) is 0.922. The van der Waals surface area contributed by atoms with E-state index in [1.54, 1.807) is 6.92 Å². The van der Waals surface area contributed by atoms with Crippen LogP contribution in [0, 0.1) is 19.8 Å². The molecule has 1 aromatic rings. The molecule has 0 N–H and O–H groups in total. The van der Waals surface area contributed by atoms with Crippen LogP contribution in [0.15, 0.2) is 6.07 Å². The first-order chi connectivity index (χ1) is 7.56. The van der Waals surface area contributed by atoms with Crippen molar-refractivity contribution in [1.29, 1.82) is 0 Å². The summed E-state index contributed by atoms with van der Waals surface area (Å²) >= 11 is 0. The van der Waals surface area contributed by atoms with Gasteiger partial charge < -0.3 is 4.90 Å². The van der Waals surface area contributed by atoms with Crippen molar-refractivity contribution in [3.63, 3.8) is 0 Å². The second-order valence-electron chi connectivity index (χ2n) is 4.49. The van der Waals surface area contributed by atoms with E-state index in [-0.39, 0.29) is 11.7 Å². The van der Waals surface area contributed by atoms with Crippen LogP contribution in [0.5, 0.6) is 0 Å². The van der Waals surface area contributed by atoms with Gasteiger partial charge in [-0.05, 0) is 33.3 Å². The number of aryl methyl sites for hydroxylation is 2. The molecule has 1 aliphatic heterocycles. The largest absolute Gasteiger partial charge is 0.340 e. The lowest BCUT2D eigenvalue weighted by Gasteiger charge is -2.16. The van der Waals surface area contributed by atoms with Gasteiger partial charge in [-0.15, -0.1) is 0 Å². The molecule has 0 bridgehead atoms. The zero-order chi connectivity index (χ0) is 11.7. The zero-order valence-corrected chi connectivity index (χ0v) is 10.0. The summed E-state index contributed by atoms with van der Waals surface area (Å²) in [5.41, 5.74) is 1.96. The Bertz CT molecular complexity index is 396. The molecule has 4 heteroatoms. The van der Waals surface area contributed by atoms with E-state index < -0.39 is 0 Å². The normalized spacial score (nSPS) is 20.2. The number of hydrogen-bond acceptors (Lipinski definition) is 4. The van der Waals surface area contributed by atoms with Gasteiger partial charge in [0.1, 0.15) is 5.78 Å². The molecule has 1 atom stereocenters. The van der Waals surface area contributed by atoms with Crippen LogP contribution in [0.3, 0.4) is 0 Å². The Balaban J connectivity index is 2.17. The Morgan fingerprint density at radius 2 is 2.00 bits per heavy atom.